The molecule has 1 aliphatic heterocycles. The Bertz CT molecular complexity index is 838. The first-order valence-corrected chi connectivity index (χ1v) is 8.56. The number of anilines is 2. The average Bonchev–Trinajstić information content (AvgIpc) is 3.10. The second-order valence-electron chi connectivity index (χ2n) is 6.24. The van der Waals surface area contributed by atoms with E-state index in [0.29, 0.717) is 23.8 Å². The van der Waals surface area contributed by atoms with Crippen LogP contribution in [0.25, 0.3) is 0 Å². The number of aromatic nitrogens is 3. The van der Waals surface area contributed by atoms with Crippen LogP contribution in [-0.4, -0.2) is 45.3 Å². The van der Waals surface area contributed by atoms with Gasteiger partial charge >= 0.3 is 0 Å². The van der Waals surface area contributed by atoms with E-state index in [2.05, 4.69) is 25.6 Å². The molecule has 8 nitrogen and oxygen atoms in total. The zero-order valence-corrected chi connectivity index (χ0v) is 15.1. The third-order valence-corrected chi connectivity index (χ3v) is 4.28. The Hall–Kier alpha value is -3.03. The minimum atomic E-state index is -0.225. The van der Waals surface area contributed by atoms with Gasteiger partial charge in [-0.15, -0.1) is 0 Å². The van der Waals surface area contributed by atoms with Crippen LogP contribution in [0.2, 0.25) is 0 Å². The lowest BCUT2D eigenvalue weighted by Gasteiger charge is -2.25. The number of rotatable bonds is 4. The lowest BCUT2D eigenvalue weighted by Crippen LogP contribution is -2.31. The summed E-state index contributed by atoms with van der Waals surface area (Å²) in [4.78, 5) is 39.0. The molecule has 0 unspecified atom stereocenters. The van der Waals surface area contributed by atoms with Crippen LogP contribution in [0.1, 0.15) is 47.7 Å². The molecule has 2 amide bonds. The highest BCUT2D eigenvalue weighted by Gasteiger charge is 2.32. The van der Waals surface area contributed by atoms with Crippen LogP contribution in [0.15, 0.2) is 24.4 Å². The normalized spacial score (nSPS) is 16.4. The fourth-order valence-corrected chi connectivity index (χ4v) is 3.18. The van der Waals surface area contributed by atoms with Crippen LogP contribution in [0, 0.1) is 6.92 Å². The number of nitrogens with zero attached hydrogens (tertiary/aromatic N) is 4. The first-order valence-electron chi connectivity index (χ1n) is 8.56. The predicted molar refractivity (Wildman–Crippen MR) is 97.9 cm³/mol. The van der Waals surface area contributed by atoms with E-state index in [4.69, 9.17) is 0 Å². The van der Waals surface area contributed by atoms with Crippen molar-refractivity contribution in [2.45, 2.75) is 32.7 Å². The molecule has 1 fully saturated rings. The molecular weight excluding hydrogens is 332 g/mol. The van der Waals surface area contributed by atoms with Crippen LogP contribution >= 0.6 is 0 Å². The molecule has 2 aromatic rings. The van der Waals surface area contributed by atoms with Crippen molar-refractivity contribution in [1.29, 1.82) is 0 Å². The van der Waals surface area contributed by atoms with Crippen LogP contribution < -0.4 is 10.6 Å². The van der Waals surface area contributed by atoms with E-state index in [0.717, 1.165) is 24.4 Å². The molecule has 1 saturated heterocycles. The maximum absolute atomic E-state index is 13.0. The Balaban J connectivity index is 1.87. The molecule has 1 aliphatic rings. The molecule has 0 radical (unpaired) electrons. The van der Waals surface area contributed by atoms with Crippen molar-refractivity contribution in [3.63, 3.8) is 0 Å². The van der Waals surface area contributed by atoms with E-state index >= 15 is 0 Å². The van der Waals surface area contributed by atoms with Crippen LogP contribution in [0.4, 0.5) is 11.6 Å². The van der Waals surface area contributed by atoms with Gasteiger partial charge in [0.15, 0.2) is 0 Å². The highest BCUT2D eigenvalue weighted by Crippen LogP contribution is 2.33. The van der Waals surface area contributed by atoms with E-state index in [1.54, 1.807) is 12.1 Å². The summed E-state index contributed by atoms with van der Waals surface area (Å²) in [7, 11) is 1.81. The highest BCUT2D eigenvalue weighted by atomic mass is 16.2. The smallest absolute Gasteiger partial charge is 0.254 e. The van der Waals surface area contributed by atoms with Crippen molar-refractivity contribution in [2.75, 3.05) is 24.2 Å². The lowest BCUT2D eigenvalue weighted by atomic mass is 10.1. The summed E-state index contributed by atoms with van der Waals surface area (Å²) in [6.45, 7) is 3.91. The third-order valence-electron chi connectivity index (χ3n) is 4.28. The molecule has 3 heterocycles. The summed E-state index contributed by atoms with van der Waals surface area (Å²) in [5, 5.41) is 5.64. The molecule has 0 bridgehead atoms. The molecule has 26 heavy (non-hydrogen) atoms. The number of hydrogen-bond acceptors (Lipinski definition) is 6. The first kappa shape index (κ1) is 17.8. The van der Waals surface area contributed by atoms with Gasteiger partial charge in [0.25, 0.3) is 5.91 Å². The van der Waals surface area contributed by atoms with Crippen molar-refractivity contribution in [3.8, 4) is 0 Å². The monoisotopic (exact) mass is 354 g/mol. The van der Waals surface area contributed by atoms with Gasteiger partial charge in [0.2, 0.25) is 5.91 Å². The molecule has 8 heteroatoms. The Kier molecular flexibility index (Phi) is 5.11. The highest BCUT2D eigenvalue weighted by molar-refractivity contribution is 5.96. The topological polar surface area (TPSA) is 100 Å². The Morgan fingerprint density at radius 1 is 1.23 bits per heavy atom. The van der Waals surface area contributed by atoms with Gasteiger partial charge in [-0.25, -0.2) is 15.0 Å². The van der Waals surface area contributed by atoms with E-state index < -0.39 is 0 Å². The number of aryl methyl sites for hydroxylation is 1. The van der Waals surface area contributed by atoms with Crippen molar-refractivity contribution in [3.05, 3.63) is 41.5 Å². The van der Waals surface area contributed by atoms with Crippen molar-refractivity contribution >= 4 is 23.5 Å². The Morgan fingerprint density at radius 3 is 2.77 bits per heavy atom. The quantitative estimate of drug-likeness (QED) is 0.873. The van der Waals surface area contributed by atoms with Gasteiger partial charge in [0.05, 0.1) is 11.7 Å². The van der Waals surface area contributed by atoms with Crippen molar-refractivity contribution < 1.29 is 9.59 Å². The number of amides is 2. The minimum absolute atomic E-state index is 0.0892. The number of nitrogens with one attached hydrogen (secondary N) is 2. The van der Waals surface area contributed by atoms with Gasteiger partial charge in [0.1, 0.15) is 17.5 Å². The minimum Gasteiger partial charge on any atom is -0.373 e. The molecule has 0 spiro atoms. The zero-order valence-electron chi connectivity index (χ0n) is 15.1. The molecule has 0 saturated carbocycles. The maximum Gasteiger partial charge on any atom is 0.254 e. The van der Waals surface area contributed by atoms with E-state index in [1.807, 2.05) is 24.9 Å². The number of carbonyl (C=O) groups is 2. The Labute approximate surface area is 152 Å². The van der Waals surface area contributed by atoms with E-state index in [-0.39, 0.29) is 17.9 Å². The summed E-state index contributed by atoms with van der Waals surface area (Å²) in [6, 6.07) is 5.06. The summed E-state index contributed by atoms with van der Waals surface area (Å²) in [5.41, 5.74) is 1.33. The fourth-order valence-electron chi connectivity index (χ4n) is 3.18. The van der Waals surface area contributed by atoms with Gasteiger partial charge in [-0.3, -0.25) is 9.59 Å². The van der Waals surface area contributed by atoms with Gasteiger partial charge in [-0.05, 0) is 31.9 Å². The predicted octanol–water partition coefficient (Wildman–Crippen LogP) is 2.16. The van der Waals surface area contributed by atoms with Gasteiger partial charge in [-0.2, -0.15) is 0 Å². The number of pyridine rings is 1. The standard InChI is InChI=1S/C18H22N6O2/c1-11-21-14(10-16(19-3)22-11)15-5-4-8-24(15)18(26)13-6-7-20-17(9-13)23-12(2)25/h6-7,9-10,15H,4-5,8H2,1-3H3,(H,19,21,22)(H,20,23,25)/t15-/m1/s1. The molecule has 0 aromatic carbocycles. The number of likely N-dealkylation sites (tertiary alicyclic amines) is 1. The third kappa shape index (κ3) is 3.79. The molecule has 2 N–H and O–H groups in total. The molecule has 136 valence electrons. The van der Waals surface area contributed by atoms with E-state index in [1.165, 1.54) is 13.1 Å². The van der Waals surface area contributed by atoms with Gasteiger partial charge in [0, 0.05) is 38.3 Å². The second kappa shape index (κ2) is 7.47. The second-order valence-corrected chi connectivity index (χ2v) is 6.24. The fraction of sp³-hybridized carbons (Fsp3) is 0.389. The SMILES string of the molecule is CNc1cc([C@H]2CCCN2C(=O)c2ccnc(NC(C)=O)c2)nc(C)n1. The summed E-state index contributed by atoms with van der Waals surface area (Å²) in [6.07, 6.45) is 3.30. The van der Waals surface area contributed by atoms with Gasteiger partial charge < -0.3 is 15.5 Å². The maximum atomic E-state index is 13.0. The summed E-state index contributed by atoms with van der Waals surface area (Å²) >= 11 is 0. The Morgan fingerprint density at radius 2 is 2.04 bits per heavy atom. The molecule has 3 rings (SSSR count). The van der Waals surface area contributed by atoms with Crippen LogP contribution in [-0.2, 0) is 4.79 Å². The van der Waals surface area contributed by atoms with Crippen molar-refractivity contribution in [2.24, 2.45) is 0 Å². The molecular formula is C18H22N6O2. The molecule has 2 aromatic heterocycles. The molecule has 1 atom stereocenters. The number of hydrogen-bond donors (Lipinski definition) is 2. The van der Waals surface area contributed by atoms with Crippen LogP contribution in [0.3, 0.4) is 0 Å². The summed E-state index contributed by atoms with van der Waals surface area (Å²) in [5.74, 6) is 1.46. The lowest BCUT2D eigenvalue weighted by molar-refractivity contribution is -0.114. The number of carbonyl (C=O) groups excluding carboxylic acids is 2. The first-order chi connectivity index (χ1) is 12.5. The summed E-state index contributed by atoms with van der Waals surface area (Å²) < 4.78 is 0. The largest absolute Gasteiger partial charge is 0.373 e. The van der Waals surface area contributed by atoms with Gasteiger partial charge in [-0.1, -0.05) is 0 Å². The molecule has 0 aliphatic carbocycles. The average molecular weight is 354 g/mol. The van der Waals surface area contributed by atoms with Crippen molar-refractivity contribution in [1.82, 2.24) is 19.9 Å². The van der Waals surface area contributed by atoms with E-state index in [9.17, 15) is 9.59 Å². The zero-order chi connectivity index (χ0) is 18.7. The van der Waals surface area contributed by atoms with Crippen LogP contribution in [0.5, 0.6) is 0 Å².